The lowest BCUT2D eigenvalue weighted by atomic mass is 10.3. The molecular formula is C11H8N4S. The maximum Gasteiger partial charge on any atom is 0.213 e. The second-order valence-electron chi connectivity index (χ2n) is 3.22. The Morgan fingerprint density at radius 1 is 1.19 bits per heavy atom. The molecule has 0 saturated carbocycles. The Labute approximate surface area is 95.7 Å². The average Bonchev–Trinajstić information content (AvgIpc) is 2.74. The molecule has 0 aliphatic carbocycles. The number of hydrogen-bond donors (Lipinski definition) is 0. The highest BCUT2D eigenvalue weighted by molar-refractivity contribution is 7.03. The van der Waals surface area contributed by atoms with Gasteiger partial charge in [0, 0.05) is 23.9 Å². The van der Waals surface area contributed by atoms with Gasteiger partial charge in [-0.05, 0) is 12.1 Å². The summed E-state index contributed by atoms with van der Waals surface area (Å²) >= 11 is 1.36. The van der Waals surface area contributed by atoms with E-state index in [4.69, 9.17) is 0 Å². The van der Waals surface area contributed by atoms with E-state index in [2.05, 4.69) is 14.3 Å². The molecule has 0 bridgehead atoms. The molecule has 0 aliphatic heterocycles. The molecule has 16 heavy (non-hydrogen) atoms. The highest BCUT2D eigenvalue weighted by Crippen LogP contribution is 2.08. The molecule has 1 aromatic carbocycles. The van der Waals surface area contributed by atoms with Gasteiger partial charge >= 0.3 is 0 Å². The number of fused-ring (bicyclic) bond motifs is 1. The number of hydrogen-bond acceptors (Lipinski definition) is 4. The van der Waals surface area contributed by atoms with Crippen molar-refractivity contribution in [2.45, 2.75) is 0 Å². The fraction of sp³-hybridized carbons (Fsp3) is 0. The van der Waals surface area contributed by atoms with Crippen molar-refractivity contribution in [1.29, 1.82) is 0 Å². The lowest BCUT2D eigenvalue weighted by Gasteiger charge is -1.91. The van der Waals surface area contributed by atoms with Crippen molar-refractivity contribution >= 4 is 22.9 Å². The van der Waals surface area contributed by atoms with Gasteiger partial charge in [0.15, 0.2) is 5.65 Å². The lowest BCUT2D eigenvalue weighted by molar-refractivity contribution is 1.06. The molecule has 0 N–H and O–H groups in total. The minimum Gasteiger partial charge on any atom is -0.272 e. The van der Waals surface area contributed by atoms with Gasteiger partial charge in [-0.1, -0.05) is 18.2 Å². The fourth-order valence-electron chi connectivity index (χ4n) is 1.40. The second-order valence-corrected chi connectivity index (χ2v) is 3.95. The highest BCUT2D eigenvalue weighted by Gasteiger charge is 1.97. The van der Waals surface area contributed by atoms with Gasteiger partial charge in [-0.25, -0.2) is 4.99 Å². The van der Waals surface area contributed by atoms with E-state index in [1.54, 1.807) is 12.4 Å². The lowest BCUT2D eigenvalue weighted by Crippen LogP contribution is -2.05. The Morgan fingerprint density at radius 3 is 2.94 bits per heavy atom. The molecule has 0 fully saturated rings. The summed E-state index contributed by atoms with van der Waals surface area (Å²) in [5.74, 6) is 0. The molecule has 5 heteroatoms. The number of para-hydroxylation sites is 1. The average molecular weight is 228 g/mol. The van der Waals surface area contributed by atoms with Crippen LogP contribution in [0.4, 0.5) is 5.69 Å². The summed E-state index contributed by atoms with van der Waals surface area (Å²) in [6.07, 6.45) is 5.31. The molecule has 3 rings (SSSR count). The number of aromatic nitrogens is 3. The highest BCUT2D eigenvalue weighted by atomic mass is 32.1. The van der Waals surface area contributed by atoms with Crippen molar-refractivity contribution in [2.24, 2.45) is 4.99 Å². The van der Waals surface area contributed by atoms with Crippen molar-refractivity contribution in [3.05, 3.63) is 53.7 Å². The summed E-state index contributed by atoms with van der Waals surface area (Å²) in [6.45, 7) is 0. The van der Waals surface area contributed by atoms with Crippen LogP contribution in [0.25, 0.3) is 5.65 Å². The molecule has 2 heterocycles. The summed E-state index contributed by atoms with van der Waals surface area (Å²) in [5, 5.41) is 0. The van der Waals surface area contributed by atoms with E-state index >= 15 is 0 Å². The van der Waals surface area contributed by atoms with Gasteiger partial charge in [-0.15, -0.1) is 0 Å². The molecule has 0 unspecified atom stereocenters. The Balaban J connectivity index is 2.23. The van der Waals surface area contributed by atoms with Crippen LogP contribution < -0.4 is 4.80 Å². The standard InChI is InChI=1S/C11H8N4S/c1-2-4-9(5-3-1)13-11-15-7-6-12-8-10(15)14-16-11/h1-8H. The molecule has 0 amide bonds. The first kappa shape index (κ1) is 9.23. The Morgan fingerprint density at radius 2 is 2.06 bits per heavy atom. The van der Waals surface area contributed by atoms with E-state index in [0.717, 1.165) is 16.1 Å². The molecule has 4 nitrogen and oxygen atoms in total. The largest absolute Gasteiger partial charge is 0.272 e. The third kappa shape index (κ3) is 1.61. The molecule has 0 radical (unpaired) electrons. The van der Waals surface area contributed by atoms with Crippen molar-refractivity contribution in [3.63, 3.8) is 0 Å². The molecule has 3 aromatic rings. The van der Waals surface area contributed by atoms with Crippen molar-refractivity contribution in [2.75, 3.05) is 0 Å². The molecule has 0 spiro atoms. The molecule has 0 atom stereocenters. The number of benzene rings is 1. The van der Waals surface area contributed by atoms with E-state index in [1.807, 2.05) is 40.9 Å². The number of nitrogens with zero attached hydrogens (tertiary/aromatic N) is 4. The predicted octanol–water partition coefficient (Wildman–Crippen LogP) is 2.02. The minimum atomic E-state index is 0.821. The Kier molecular flexibility index (Phi) is 2.23. The van der Waals surface area contributed by atoms with Gasteiger partial charge in [0.2, 0.25) is 4.80 Å². The topological polar surface area (TPSA) is 42.5 Å². The van der Waals surface area contributed by atoms with Crippen LogP contribution in [-0.2, 0) is 0 Å². The van der Waals surface area contributed by atoms with Crippen LogP contribution in [0.5, 0.6) is 0 Å². The molecule has 78 valence electrons. The monoisotopic (exact) mass is 228 g/mol. The van der Waals surface area contributed by atoms with Gasteiger partial charge in [-0.3, -0.25) is 9.38 Å². The normalized spacial score (nSPS) is 12.1. The van der Waals surface area contributed by atoms with Crippen LogP contribution in [-0.4, -0.2) is 13.8 Å². The van der Waals surface area contributed by atoms with Gasteiger partial charge in [0.05, 0.1) is 11.9 Å². The summed E-state index contributed by atoms with van der Waals surface area (Å²) in [6, 6.07) is 9.84. The van der Waals surface area contributed by atoms with Crippen LogP contribution in [0.1, 0.15) is 0 Å². The van der Waals surface area contributed by atoms with Gasteiger partial charge in [0.1, 0.15) is 0 Å². The van der Waals surface area contributed by atoms with E-state index in [1.165, 1.54) is 11.5 Å². The van der Waals surface area contributed by atoms with E-state index in [0.29, 0.717) is 0 Å². The first-order valence-corrected chi connectivity index (χ1v) is 5.59. The smallest absolute Gasteiger partial charge is 0.213 e. The maximum atomic E-state index is 4.52. The third-order valence-corrected chi connectivity index (χ3v) is 2.88. The van der Waals surface area contributed by atoms with Crippen molar-refractivity contribution in [3.8, 4) is 0 Å². The van der Waals surface area contributed by atoms with Crippen LogP contribution >= 0.6 is 11.5 Å². The zero-order valence-electron chi connectivity index (χ0n) is 8.32. The summed E-state index contributed by atoms with van der Waals surface area (Å²) in [7, 11) is 0. The summed E-state index contributed by atoms with van der Waals surface area (Å²) in [4.78, 5) is 9.39. The van der Waals surface area contributed by atoms with Gasteiger partial charge in [0.25, 0.3) is 0 Å². The van der Waals surface area contributed by atoms with Gasteiger partial charge < -0.3 is 0 Å². The summed E-state index contributed by atoms with van der Waals surface area (Å²) < 4.78 is 6.18. The van der Waals surface area contributed by atoms with E-state index < -0.39 is 0 Å². The molecule has 0 saturated heterocycles. The zero-order chi connectivity index (χ0) is 10.8. The second kappa shape index (κ2) is 3.86. The fourth-order valence-corrected chi connectivity index (χ4v) is 2.10. The quantitative estimate of drug-likeness (QED) is 0.639. The Hall–Kier alpha value is -2.01. The van der Waals surface area contributed by atoms with Crippen LogP contribution in [0.15, 0.2) is 53.9 Å². The minimum absolute atomic E-state index is 0.821. The van der Waals surface area contributed by atoms with Gasteiger partial charge in [-0.2, -0.15) is 4.37 Å². The van der Waals surface area contributed by atoms with Crippen LogP contribution in [0, 0.1) is 0 Å². The zero-order valence-corrected chi connectivity index (χ0v) is 9.13. The van der Waals surface area contributed by atoms with Crippen molar-refractivity contribution < 1.29 is 0 Å². The molecule has 0 aliphatic rings. The van der Waals surface area contributed by atoms with E-state index in [9.17, 15) is 0 Å². The van der Waals surface area contributed by atoms with Crippen LogP contribution in [0.2, 0.25) is 0 Å². The van der Waals surface area contributed by atoms with Crippen molar-refractivity contribution in [1.82, 2.24) is 13.8 Å². The number of rotatable bonds is 1. The van der Waals surface area contributed by atoms with Crippen LogP contribution in [0.3, 0.4) is 0 Å². The molecule has 2 aromatic heterocycles. The molecular weight excluding hydrogens is 220 g/mol. The first-order valence-electron chi connectivity index (χ1n) is 4.81. The summed E-state index contributed by atoms with van der Waals surface area (Å²) in [5.41, 5.74) is 1.75. The predicted molar refractivity (Wildman–Crippen MR) is 62.5 cm³/mol. The third-order valence-electron chi connectivity index (χ3n) is 2.15. The SMILES string of the molecule is c1ccc(N=c2snc3cnccn23)cc1. The Bertz CT molecular complexity index is 669. The van der Waals surface area contributed by atoms with E-state index in [-0.39, 0.29) is 0 Å². The maximum absolute atomic E-state index is 4.52. The first-order chi connectivity index (χ1) is 7.93.